The van der Waals surface area contributed by atoms with Gasteiger partial charge in [0, 0.05) is 19.3 Å². The average Bonchev–Trinajstić information content (AvgIpc) is 2.65. The maximum Gasteiger partial charge on any atom is 0.128 e. The summed E-state index contributed by atoms with van der Waals surface area (Å²) in [5.74, 6) is 0.834. The van der Waals surface area contributed by atoms with Crippen molar-refractivity contribution in [3.63, 3.8) is 0 Å². The largest absolute Gasteiger partial charge is 0.391 e. The van der Waals surface area contributed by atoms with Gasteiger partial charge in [-0.1, -0.05) is 0 Å². The molecule has 1 aromatic heterocycles. The van der Waals surface area contributed by atoms with Crippen LogP contribution in [0, 0.1) is 11.3 Å². The van der Waals surface area contributed by atoms with Crippen LogP contribution in [-0.4, -0.2) is 29.3 Å². The maximum atomic E-state index is 9.34. The van der Waals surface area contributed by atoms with Gasteiger partial charge in [0.1, 0.15) is 11.9 Å². The van der Waals surface area contributed by atoms with Crippen LogP contribution in [0.3, 0.4) is 0 Å². The summed E-state index contributed by atoms with van der Waals surface area (Å²) >= 11 is 0. The van der Waals surface area contributed by atoms with Crippen molar-refractivity contribution in [1.29, 1.82) is 5.26 Å². The number of β-amino-alcohol motifs (C(OH)–C–C–N with tert-alkyl or cyclic N) is 1. The highest BCUT2D eigenvalue weighted by Gasteiger charge is 2.20. The third-order valence-electron chi connectivity index (χ3n) is 2.36. The molecule has 0 radical (unpaired) electrons. The summed E-state index contributed by atoms with van der Waals surface area (Å²) in [6, 6.07) is 5.58. The van der Waals surface area contributed by atoms with Crippen molar-refractivity contribution < 1.29 is 5.11 Å². The second kappa shape index (κ2) is 3.64. The minimum atomic E-state index is -0.243. The van der Waals surface area contributed by atoms with Crippen molar-refractivity contribution >= 4 is 5.82 Å². The lowest BCUT2D eigenvalue weighted by molar-refractivity contribution is 0.198. The van der Waals surface area contributed by atoms with E-state index in [4.69, 9.17) is 5.26 Å². The summed E-state index contributed by atoms with van der Waals surface area (Å²) in [7, 11) is 0. The van der Waals surface area contributed by atoms with E-state index in [9.17, 15) is 5.11 Å². The lowest BCUT2D eigenvalue weighted by Gasteiger charge is -2.15. The van der Waals surface area contributed by atoms with Crippen LogP contribution < -0.4 is 4.90 Å². The number of aliphatic hydroxyl groups is 1. The standard InChI is InChI=1S/C10H11N3O/c11-5-8-1-2-10(12-6-8)13-4-3-9(14)7-13/h1-2,6,9,14H,3-4,7H2. The lowest BCUT2D eigenvalue weighted by Crippen LogP contribution is -2.21. The van der Waals surface area contributed by atoms with E-state index >= 15 is 0 Å². The summed E-state index contributed by atoms with van der Waals surface area (Å²) in [6.45, 7) is 1.47. The Kier molecular flexibility index (Phi) is 2.33. The second-order valence-electron chi connectivity index (χ2n) is 3.41. The zero-order valence-corrected chi connectivity index (χ0v) is 7.72. The van der Waals surface area contributed by atoms with Gasteiger partial charge in [-0.2, -0.15) is 5.26 Å². The van der Waals surface area contributed by atoms with Crippen molar-refractivity contribution in [3.05, 3.63) is 23.9 Å². The molecule has 14 heavy (non-hydrogen) atoms. The number of nitriles is 1. The van der Waals surface area contributed by atoms with Gasteiger partial charge in [-0.15, -0.1) is 0 Å². The van der Waals surface area contributed by atoms with E-state index in [0.717, 1.165) is 18.8 Å². The minimum absolute atomic E-state index is 0.243. The fourth-order valence-corrected chi connectivity index (χ4v) is 1.59. The molecule has 2 rings (SSSR count). The Morgan fingerprint density at radius 2 is 2.43 bits per heavy atom. The quantitative estimate of drug-likeness (QED) is 0.699. The Balaban J connectivity index is 2.14. The number of nitrogens with zero attached hydrogens (tertiary/aromatic N) is 3. The lowest BCUT2D eigenvalue weighted by atomic mass is 10.3. The molecule has 1 unspecified atom stereocenters. The van der Waals surface area contributed by atoms with E-state index in [1.807, 2.05) is 17.0 Å². The maximum absolute atomic E-state index is 9.34. The van der Waals surface area contributed by atoms with Crippen LogP contribution in [0.25, 0.3) is 0 Å². The summed E-state index contributed by atoms with van der Waals surface area (Å²) in [5.41, 5.74) is 0.563. The number of aromatic nitrogens is 1. The Morgan fingerprint density at radius 3 is 2.93 bits per heavy atom. The third kappa shape index (κ3) is 1.68. The molecule has 1 saturated heterocycles. The van der Waals surface area contributed by atoms with Gasteiger partial charge in [-0.25, -0.2) is 4.98 Å². The van der Waals surface area contributed by atoms with E-state index in [-0.39, 0.29) is 6.10 Å². The summed E-state index contributed by atoms with van der Waals surface area (Å²) in [4.78, 5) is 6.18. The first-order valence-electron chi connectivity index (χ1n) is 4.59. The SMILES string of the molecule is N#Cc1ccc(N2CCC(O)C2)nc1. The van der Waals surface area contributed by atoms with Crippen molar-refractivity contribution in [1.82, 2.24) is 4.98 Å². The van der Waals surface area contributed by atoms with E-state index < -0.39 is 0 Å². The van der Waals surface area contributed by atoms with Crippen LogP contribution in [-0.2, 0) is 0 Å². The van der Waals surface area contributed by atoms with Gasteiger partial charge in [0.15, 0.2) is 0 Å². The highest BCUT2D eigenvalue weighted by molar-refractivity contribution is 5.42. The van der Waals surface area contributed by atoms with Gasteiger partial charge in [0.05, 0.1) is 11.7 Å². The smallest absolute Gasteiger partial charge is 0.128 e. The van der Waals surface area contributed by atoms with Crippen molar-refractivity contribution in [3.8, 4) is 6.07 Å². The van der Waals surface area contributed by atoms with E-state index in [0.29, 0.717) is 12.1 Å². The molecular formula is C10H11N3O. The van der Waals surface area contributed by atoms with Gasteiger partial charge in [-0.3, -0.25) is 0 Å². The fraction of sp³-hybridized carbons (Fsp3) is 0.400. The number of rotatable bonds is 1. The Bertz CT molecular complexity index is 355. The second-order valence-corrected chi connectivity index (χ2v) is 3.41. The zero-order valence-electron chi connectivity index (χ0n) is 7.72. The molecule has 1 N–H and O–H groups in total. The fourth-order valence-electron chi connectivity index (χ4n) is 1.59. The molecule has 1 aliphatic rings. The molecule has 1 aliphatic heterocycles. The van der Waals surface area contributed by atoms with Crippen LogP contribution in [0.4, 0.5) is 5.82 Å². The summed E-state index contributed by atoms with van der Waals surface area (Å²) in [6.07, 6.45) is 2.11. The summed E-state index contributed by atoms with van der Waals surface area (Å²) in [5, 5.41) is 17.9. The third-order valence-corrected chi connectivity index (χ3v) is 2.36. The first kappa shape index (κ1) is 8.97. The Labute approximate surface area is 82.4 Å². The van der Waals surface area contributed by atoms with Gasteiger partial charge in [0.2, 0.25) is 0 Å². The van der Waals surface area contributed by atoms with Crippen molar-refractivity contribution in [2.45, 2.75) is 12.5 Å². The number of anilines is 1. The molecule has 1 aromatic rings. The van der Waals surface area contributed by atoms with Crippen LogP contribution in [0.1, 0.15) is 12.0 Å². The average molecular weight is 189 g/mol. The Morgan fingerprint density at radius 1 is 1.57 bits per heavy atom. The van der Waals surface area contributed by atoms with E-state index in [2.05, 4.69) is 4.98 Å². The van der Waals surface area contributed by atoms with Gasteiger partial charge in [0.25, 0.3) is 0 Å². The molecule has 0 aromatic carbocycles. The van der Waals surface area contributed by atoms with Gasteiger partial charge < -0.3 is 10.0 Å². The molecule has 0 bridgehead atoms. The van der Waals surface area contributed by atoms with Crippen LogP contribution in [0.2, 0.25) is 0 Å². The van der Waals surface area contributed by atoms with Crippen molar-refractivity contribution in [2.75, 3.05) is 18.0 Å². The van der Waals surface area contributed by atoms with E-state index in [1.165, 1.54) is 0 Å². The van der Waals surface area contributed by atoms with Gasteiger partial charge >= 0.3 is 0 Å². The normalized spacial score (nSPS) is 20.9. The predicted molar refractivity (Wildman–Crippen MR) is 51.8 cm³/mol. The molecule has 0 spiro atoms. The molecule has 4 heteroatoms. The molecule has 72 valence electrons. The van der Waals surface area contributed by atoms with Crippen LogP contribution in [0.15, 0.2) is 18.3 Å². The molecule has 0 saturated carbocycles. The van der Waals surface area contributed by atoms with Crippen molar-refractivity contribution in [2.24, 2.45) is 0 Å². The predicted octanol–water partition coefficient (Wildman–Crippen LogP) is 0.524. The topological polar surface area (TPSA) is 60.2 Å². The molecule has 2 heterocycles. The van der Waals surface area contributed by atoms with E-state index in [1.54, 1.807) is 12.3 Å². The first-order chi connectivity index (χ1) is 6.79. The highest BCUT2D eigenvalue weighted by atomic mass is 16.3. The first-order valence-corrected chi connectivity index (χ1v) is 4.59. The van der Waals surface area contributed by atoms with Gasteiger partial charge in [-0.05, 0) is 18.6 Å². The molecule has 0 amide bonds. The highest BCUT2D eigenvalue weighted by Crippen LogP contribution is 2.17. The zero-order chi connectivity index (χ0) is 9.97. The molecule has 1 fully saturated rings. The molecule has 1 atom stereocenters. The molecular weight excluding hydrogens is 178 g/mol. The monoisotopic (exact) mass is 189 g/mol. The van der Waals surface area contributed by atoms with Crippen LogP contribution >= 0.6 is 0 Å². The number of hydrogen-bond acceptors (Lipinski definition) is 4. The Hall–Kier alpha value is -1.60. The molecule has 4 nitrogen and oxygen atoms in total. The minimum Gasteiger partial charge on any atom is -0.391 e. The summed E-state index contributed by atoms with van der Waals surface area (Å²) < 4.78 is 0. The number of pyridine rings is 1. The van der Waals surface area contributed by atoms with Crippen LogP contribution in [0.5, 0.6) is 0 Å². The number of hydrogen-bond donors (Lipinski definition) is 1. The number of aliphatic hydroxyl groups excluding tert-OH is 1. The molecule has 0 aliphatic carbocycles.